The number of rotatable bonds is 19. The molecule has 0 aliphatic carbocycles. The molecule has 1 rings (SSSR count). The Morgan fingerprint density at radius 3 is 1.58 bits per heavy atom. The summed E-state index contributed by atoms with van der Waals surface area (Å²) in [6, 6.07) is 1.77. The van der Waals surface area contributed by atoms with E-state index in [1.54, 1.807) is 0 Å². The molecule has 0 N–H and O–H groups in total. The van der Waals surface area contributed by atoms with Gasteiger partial charge in [0.1, 0.15) is 5.82 Å². The van der Waals surface area contributed by atoms with Crippen LogP contribution in [0.3, 0.4) is 0 Å². The number of ether oxygens (including phenoxy) is 1. The maximum Gasteiger partial charge on any atom is 0.416 e. The maximum absolute atomic E-state index is 13.7. The quantitative estimate of drug-likeness (QED) is 0.113. The first kappa shape index (κ1) is 29.4. The van der Waals surface area contributed by atoms with Gasteiger partial charge in [-0.2, -0.15) is 13.2 Å². The Balaban J connectivity index is 1.95. The zero-order chi connectivity index (χ0) is 24.4. The number of unbranched alkanes of at least 4 members (excludes halogenated alkanes) is 16. The molecule has 1 aromatic rings. The Hall–Kier alpha value is -1.59. The van der Waals surface area contributed by atoms with E-state index in [2.05, 4.69) is 6.92 Å². The average Bonchev–Trinajstić information content (AvgIpc) is 2.77. The van der Waals surface area contributed by atoms with E-state index in [4.69, 9.17) is 4.74 Å². The highest BCUT2D eigenvalue weighted by Gasteiger charge is 2.32. The summed E-state index contributed by atoms with van der Waals surface area (Å²) in [5.74, 6) is -2.05. The van der Waals surface area contributed by atoms with E-state index < -0.39 is 29.1 Å². The molecule has 6 heteroatoms. The van der Waals surface area contributed by atoms with Crippen molar-refractivity contribution >= 4 is 5.97 Å². The first-order chi connectivity index (χ1) is 15.9. The molecule has 0 amide bonds. The van der Waals surface area contributed by atoms with Crippen molar-refractivity contribution in [3.8, 4) is 0 Å². The van der Waals surface area contributed by atoms with Crippen molar-refractivity contribution in [3.05, 3.63) is 35.1 Å². The standard InChI is InChI=1S/C27H42F4O2/c1-2-3-4-5-6-7-8-9-10-11-12-13-14-15-16-17-18-21-33-26(32)24-22-23(27(29,30)31)19-20-25(24)28/h19-20,22H,2-18,21H2,1H3. The molecule has 190 valence electrons. The lowest BCUT2D eigenvalue weighted by Gasteiger charge is -2.10. The molecule has 0 heterocycles. The summed E-state index contributed by atoms with van der Waals surface area (Å²) in [5, 5.41) is 0. The molecular formula is C27H42F4O2. The van der Waals surface area contributed by atoms with Crippen molar-refractivity contribution in [2.75, 3.05) is 6.61 Å². The fourth-order valence-corrected chi connectivity index (χ4v) is 3.93. The van der Waals surface area contributed by atoms with Crippen LogP contribution < -0.4 is 0 Å². The number of hydrogen-bond donors (Lipinski definition) is 0. The van der Waals surface area contributed by atoms with Crippen LogP contribution in [0.4, 0.5) is 17.6 Å². The van der Waals surface area contributed by atoms with E-state index in [1.807, 2.05) is 0 Å². The smallest absolute Gasteiger partial charge is 0.416 e. The molecule has 0 spiro atoms. The van der Waals surface area contributed by atoms with Crippen molar-refractivity contribution in [3.63, 3.8) is 0 Å². The van der Waals surface area contributed by atoms with Crippen molar-refractivity contribution in [2.45, 2.75) is 122 Å². The molecule has 0 aliphatic heterocycles. The summed E-state index contributed by atoms with van der Waals surface area (Å²) in [5.41, 5.74) is -1.73. The first-order valence-corrected chi connectivity index (χ1v) is 12.9. The number of halogens is 4. The summed E-state index contributed by atoms with van der Waals surface area (Å²) in [4.78, 5) is 11.9. The third-order valence-corrected chi connectivity index (χ3v) is 5.99. The van der Waals surface area contributed by atoms with Gasteiger partial charge in [-0.15, -0.1) is 0 Å². The van der Waals surface area contributed by atoms with Gasteiger partial charge in [-0.3, -0.25) is 0 Å². The second kappa shape index (κ2) is 17.8. The lowest BCUT2D eigenvalue weighted by Crippen LogP contribution is -2.12. The van der Waals surface area contributed by atoms with E-state index in [9.17, 15) is 22.4 Å². The van der Waals surface area contributed by atoms with Gasteiger partial charge < -0.3 is 4.74 Å². The van der Waals surface area contributed by atoms with Crippen LogP contribution in [0.2, 0.25) is 0 Å². The monoisotopic (exact) mass is 474 g/mol. The molecule has 0 saturated carbocycles. The zero-order valence-corrected chi connectivity index (χ0v) is 20.3. The van der Waals surface area contributed by atoms with Crippen molar-refractivity contribution in [1.82, 2.24) is 0 Å². The Morgan fingerprint density at radius 2 is 1.15 bits per heavy atom. The molecule has 0 radical (unpaired) electrons. The van der Waals surface area contributed by atoms with Gasteiger partial charge in [0, 0.05) is 0 Å². The minimum atomic E-state index is -4.63. The average molecular weight is 475 g/mol. The van der Waals surface area contributed by atoms with Crippen LogP contribution in [0, 0.1) is 5.82 Å². The lowest BCUT2D eigenvalue weighted by molar-refractivity contribution is -0.137. The fraction of sp³-hybridized carbons (Fsp3) is 0.741. The number of carbonyl (C=O) groups excluding carboxylic acids is 1. The van der Waals surface area contributed by atoms with E-state index in [-0.39, 0.29) is 6.61 Å². The molecule has 0 aromatic heterocycles. The highest BCUT2D eigenvalue weighted by Crippen LogP contribution is 2.30. The molecule has 0 fully saturated rings. The Morgan fingerprint density at radius 1 is 0.727 bits per heavy atom. The minimum absolute atomic E-state index is 0.0904. The van der Waals surface area contributed by atoms with Crippen LogP contribution in [0.15, 0.2) is 18.2 Å². The molecule has 0 atom stereocenters. The van der Waals surface area contributed by atoms with Gasteiger partial charge in [-0.25, -0.2) is 9.18 Å². The number of alkyl halides is 3. The molecule has 1 aromatic carbocycles. The van der Waals surface area contributed by atoms with Gasteiger partial charge in [0.25, 0.3) is 0 Å². The third-order valence-electron chi connectivity index (χ3n) is 5.99. The van der Waals surface area contributed by atoms with E-state index >= 15 is 0 Å². The second-order valence-electron chi connectivity index (χ2n) is 8.99. The highest BCUT2D eigenvalue weighted by atomic mass is 19.4. The second-order valence-corrected chi connectivity index (χ2v) is 8.99. The molecule has 33 heavy (non-hydrogen) atoms. The van der Waals surface area contributed by atoms with E-state index in [0.717, 1.165) is 19.3 Å². The van der Waals surface area contributed by atoms with Crippen molar-refractivity contribution < 1.29 is 27.1 Å². The van der Waals surface area contributed by atoms with Crippen molar-refractivity contribution in [2.24, 2.45) is 0 Å². The van der Waals surface area contributed by atoms with Gasteiger partial charge in [-0.05, 0) is 24.6 Å². The van der Waals surface area contributed by atoms with Crippen LogP contribution >= 0.6 is 0 Å². The van der Waals surface area contributed by atoms with Crippen LogP contribution in [0.1, 0.15) is 132 Å². The third kappa shape index (κ3) is 14.3. The number of esters is 1. The summed E-state index contributed by atoms with van der Waals surface area (Å²) in [7, 11) is 0. The number of benzene rings is 1. The minimum Gasteiger partial charge on any atom is -0.462 e. The molecule has 0 bridgehead atoms. The largest absolute Gasteiger partial charge is 0.462 e. The fourth-order valence-electron chi connectivity index (χ4n) is 3.93. The zero-order valence-electron chi connectivity index (χ0n) is 20.3. The Labute approximate surface area is 197 Å². The van der Waals surface area contributed by atoms with Crippen LogP contribution in [-0.2, 0) is 10.9 Å². The van der Waals surface area contributed by atoms with E-state index in [0.29, 0.717) is 24.6 Å². The Bertz CT molecular complexity index is 643. The molecule has 2 nitrogen and oxygen atoms in total. The SMILES string of the molecule is CCCCCCCCCCCCCCCCCCCOC(=O)c1cc(C(F)(F)F)ccc1F. The summed E-state index contributed by atoms with van der Waals surface area (Å²) in [6.07, 6.45) is 16.4. The normalized spacial score (nSPS) is 11.7. The van der Waals surface area contributed by atoms with Gasteiger partial charge in [-0.1, -0.05) is 110 Å². The summed E-state index contributed by atoms with van der Waals surface area (Å²) >= 11 is 0. The molecule has 0 saturated heterocycles. The van der Waals surface area contributed by atoms with Gasteiger partial charge in [0.05, 0.1) is 17.7 Å². The number of carbonyl (C=O) groups is 1. The van der Waals surface area contributed by atoms with E-state index in [1.165, 1.54) is 83.5 Å². The number of hydrogen-bond acceptors (Lipinski definition) is 2. The van der Waals surface area contributed by atoms with Gasteiger partial charge in [0.15, 0.2) is 0 Å². The lowest BCUT2D eigenvalue weighted by atomic mass is 10.0. The van der Waals surface area contributed by atoms with Crippen LogP contribution in [0.5, 0.6) is 0 Å². The topological polar surface area (TPSA) is 26.3 Å². The molecular weight excluding hydrogens is 432 g/mol. The highest BCUT2D eigenvalue weighted by molar-refractivity contribution is 5.90. The Kier molecular flexibility index (Phi) is 15.9. The van der Waals surface area contributed by atoms with Gasteiger partial charge >= 0.3 is 12.1 Å². The van der Waals surface area contributed by atoms with Crippen molar-refractivity contribution in [1.29, 1.82) is 0 Å². The van der Waals surface area contributed by atoms with Gasteiger partial charge in [0.2, 0.25) is 0 Å². The first-order valence-electron chi connectivity index (χ1n) is 12.9. The van der Waals surface area contributed by atoms with Crippen LogP contribution in [0.25, 0.3) is 0 Å². The predicted octanol–water partition coefficient (Wildman–Crippen LogP) is 9.65. The summed E-state index contributed by atoms with van der Waals surface area (Å²) in [6.45, 7) is 2.34. The van der Waals surface area contributed by atoms with Crippen LogP contribution in [-0.4, -0.2) is 12.6 Å². The molecule has 0 unspecified atom stereocenters. The molecule has 0 aliphatic rings. The maximum atomic E-state index is 13.7. The summed E-state index contributed by atoms with van der Waals surface area (Å²) < 4.78 is 56.8. The predicted molar refractivity (Wildman–Crippen MR) is 126 cm³/mol.